The van der Waals surface area contributed by atoms with Crippen molar-refractivity contribution in [2.45, 2.75) is 5.92 Å². The van der Waals surface area contributed by atoms with Crippen molar-refractivity contribution in [3.8, 4) is 11.5 Å². The number of hydrogen-bond acceptors (Lipinski definition) is 5. The molecule has 1 aliphatic heterocycles. The van der Waals surface area contributed by atoms with E-state index in [1.54, 1.807) is 30.3 Å². The van der Waals surface area contributed by atoms with E-state index in [0.717, 1.165) is 11.1 Å². The largest absolute Gasteiger partial charge is 0.457 e. The van der Waals surface area contributed by atoms with E-state index < -0.39 is 5.92 Å². The summed E-state index contributed by atoms with van der Waals surface area (Å²) in [5.74, 6) is 0.208. The normalized spacial score (nSPS) is 12.0. The third-order valence-electron chi connectivity index (χ3n) is 5.80. The number of benzene rings is 3. The molecule has 4 aromatic rings. The van der Waals surface area contributed by atoms with Crippen LogP contribution in [0.5, 0.6) is 11.5 Å². The Morgan fingerprint density at radius 1 is 0.722 bits per heavy atom. The number of amides is 3. The van der Waals surface area contributed by atoms with Crippen LogP contribution in [0.4, 0.5) is 5.69 Å². The molecule has 5 rings (SSSR count). The maximum Gasteiger partial charge on any atom is 0.261 e. The van der Waals surface area contributed by atoms with Crippen LogP contribution in [0, 0.1) is 0 Å². The summed E-state index contributed by atoms with van der Waals surface area (Å²) < 4.78 is 5.98. The van der Waals surface area contributed by atoms with Gasteiger partial charge in [-0.15, -0.1) is 11.3 Å². The van der Waals surface area contributed by atoms with Crippen LogP contribution >= 0.6 is 11.3 Å². The lowest BCUT2D eigenvalue weighted by atomic mass is 9.87. The van der Waals surface area contributed by atoms with Crippen LogP contribution in [0.15, 0.2) is 90.3 Å². The van der Waals surface area contributed by atoms with Crippen LogP contribution in [0.25, 0.3) is 0 Å². The van der Waals surface area contributed by atoms with Crippen LogP contribution < -0.4 is 20.7 Å². The van der Waals surface area contributed by atoms with E-state index in [4.69, 9.17) is 4.74 Å². The quantitative estimate of drug-likeness (QED) is 0.320. The number of fused-ring (bicyclic) bond motifs is 2. The van der Waals surface area contributed by atoms with Crippen molar-refractivity contribution in [3.05, 3.63) is 112 Å². The first-order valence-electron chi connectivity index (χ1n) is 11.5. The number of anilines is 1. The molecule has 0 spiro atoms. The molecule has 0 aliphatic carbocycles. The van der Waals surface area contributed by atoms with E-state index in [1.807, 2.05) is 60.0 Å². The summed E-state index contributed by atoms with van der Waals surface area (Å²) in [6.07, 6.45) is 0. The van der Waals surface area contributed by atoms with Gasteiger partial charge in [-0.05, 0) is 47.8 Å². The van der Waals surface area contributed by atoms with Gasteiger partial charge in [-0.25, -0.2) is 0 Å². The number of thiophene rings is 1. The molecule has 0 unspecified atom stereocenters. The molecule has 180 valence electrons. The topological polar surface area (TPSA) is 96.5 Å². The van der Waals surface area contributed by atoms with Gasteiger partial charge in [0.1, 0.15) is 11.5 Å². The Kier molecular flexibility index (Phi) is 6.77. The minimum absolute atomic E-state index is 0.158. The number of carbonyl (C=O) groups is 3. The van der Waals surface area contributed by atoms with Gasteiger partial charge in [0, 0.05) is 35.5 Å². The average molecular weight is 498 g/mol. The summed E-state index contributed by atoms with van der Waals surface area (Å²) >= 11 is 1.36. The molecule has 36 heavy (non-hydrogen) atoms. The zero-order valence-corrected chi connectivity index (χ0v) is 20.0. The third-order valence-corrected chi connectivity index (χ3v) is 6.67. The van der Waals surface area contributed by atoms with Crippen molar-refractivity contribution in [2.75, 3.05) is 18.4 Å². The molecule has 0 fully saturated rings. The maximum absolute atomic E-state index is 13.3. The van der Waals surface area contributed by atoms with Crippen LogP contribution in [-0.4, -0.2) is 30.8 Å². The van der Waals surface area contributed by atoms with Crippen LogP contribution in [0.2, 0.25) is 0 Å². The van der Waals surface area contributed by atoms with Crippen molar-refractivity contribution in [1.29, 1.82) is 0 Å². The molecule has 3 N–H and O–H groups in total. The summed E-state index contributed by atoms with van der Waals surface area (Å²) in [6.45, 7) is 0.627. The molecule has 3 aromatic carbocycles. The van der Waals surface area contributed by atoms with E-state index in [0.29, 0.717) is 40.7 Å². The summed E-state index contributed by atoms with van der Waals surface area (Å²) in [5, 5.41) is 10.4. The Morgan fingerprint density at radius 2 is 1.33 bits per heavy atom. The first kappa shape index (κ1) is 23.3. The second-order valence-corrected chi connectivity index (χ2v) is 9.11. The lowest BCUT2D eigenvalue weighted by molar-refractivity contribution is -0.116. The first-order valence-corrected chi connectivity index (χ1v) is 12.3. The molecular formula is C28H23N3O4S. The number of ether oxygens (including phenoxy) is 1. The predicted octanol–water partition coefficient (Wildman–Crippen LogP) is 4.78. The molecule has 1 aliphatic rings. The smallest absolute Gasteiger partial charge is 0.261 e. The molecule has 8 heteroatoms. The van der Waals surface area contributed by atoms with Gasteiger partial charge in [0.05, 0.1) is 10.8 Å². The molecule has 0 saturated carbocycles. The van der Waals surface area contributed by atoms with E-state index in [1.165, 1.54) is 11.3 Å². The minimum Gasteiger partial charge on any atom is -0.457 e. The second-order valence-electron chi connectivity index (χ2n) is 8.17. The number of rotatable bonds is 7. The molecular weight excluding hydrogens is 474 g/mol. The highest BCUT2D eigenvalue weighted by atomic mass is 32.1. The van der Waals surface area contributed by atoms with E-state index in [9.17, 15) is 14.4 Å². The molecule has 2 heterocycles. The summed E-state index contributed by atoms with van der Waals surface area (Å²) in [6, 6.07) is 25.3. The lowest BCUT2D eigenvalue weighted by Gasteiger charge is -2.27. The van der Waals surface area contributed by atoms with Gasteiger partial charge in [0.2, 0.25) is 5.91 Å². The minimum atomic E-state index is -0.515. The van der Waals surface area contributed by atoms with Gasteiger partial charge >= 0.3 is 0 Å². The number of para-hydroxylation sites is 2. The van der Waals surface area contributed by atoms with Crippen molar-refractivity contribution < 1.29 is 19.1 Å². The predicted molar refractivity (Wildman–Crippen MR) is 139 cm³/mol. The van der Waals surface area contributed by atoms with Gasteiger partial charge in [0.25, 0.3) is 11.8 Å². The highest BCUT2D eigenvalue weighted by molar-refractivity contribution is 7.12. The van der Waals surface area contributed by atoms with Crippen molar-refractivity contribution in [2.24, 2.45) is 0 Å². The molecule has 1 aromatic heterocycles. The highest BCUT2D eigenvalue weighted by Gasteiger charge is 2.32. The highest BCUT2D eigenvalue weighted by Crippen LogP contribution is 2.44. The number of carbonyl (C=O) groups excluding carboxylic acids is 3. The summed E-state index contributed by atoms with van der Waals surface area (Å²) in [4.78, 5) is 38.4. The number of nitrogens with one attached hydrogen (secondary N) is 3. The Balaban J connectivity index is 1.19. The maximum atomic E-state index is 13.3. The van der Waals surface area contributed by atoms with E-state index in [2.05, 4.69) is 16.0 Å². The zero-order chi connectivity index (χ0) is 24.9. The van der Waals surface area contributed by atoms with Crippen LogP contribution in [-0.2, 0) is 4.79 Å². The van der Waals surface area contributed by atoms with Gasteiger partial charge in [0.15, 0.2) is 0 Å². The van der Waals surface area contributed by atoms with Crippen molar-refractivity contribution in [3.63, 3.8) is 0 Å². The van der Waals surface area contributed by atoms with E-state index >= 15 is 0 Å². The summed E-state index contributed by atoms with van der Waals surface area (Å²) in [7, 11) is 0. The fourth-order valence-electron chi connectivity index (χ4n) is 4.06. The van der Waals surface area contributed by atoms with Gasteiger partial charge in [-0.3, -0.25) is 14.4 Å². The third kappa shape index (κ3) is 4.99. The number of hydrogen-bond donors (Lipinski definition) is 3. The monoisotopic (exact) mass is 497 g/mol. The Labute approximate surface area is 212 Å². The van der Waals surface area contributed by atoms with Gasteiger partial charge < -0.3 is 20.7 Å². The molecule has 7 nitrogen and oxygen atoms in total. The van der Waals surface area contributed by atoms with Crippen LogP contribution in [0.3, 0.4) is 0 Å². The Bertz CT molecular complexity index is 1360. The average Bonchev–Trinajstić information content (AvgIpc) is 3.45. The fourth-order valence-corrected chi connectivity index (χ4v) is 4.70. The zero-order valence-electron chi connectivity index (χ0n) is 19.2. The van der Waals surface area contributed by atoms with Crippen LogP contribution in [0.1, 0.15) is 37.1 Å². The summed E-state index contributed by atoms with van der Waals surface area (Å²) in [5.41, 5.74) is 2.65. The molecule has 0 saturated heterocycles. The first-order chi connectivity index (χ1) is 17.6. The SMILES string of the molecule is O=C(NCCNC(=O)c1cccs1)c1ccc(NC(=O)C2c3ccccc3Oc3ccccc32)cc1. The Hall–Kier alpha value is -4.43. The molecule has 0 bridgehead atoms. The van der Waals surface area contributed by atoms with Gasteiger partial charge in [-0.2, -0.15) is 0 Å². The van der Waals surface area contributed by atoms with Crippen molar-refractivity contribution >= 4 is 34.7 Å². The van der Waals surface area contributed by atoms with Gasteiger partial charge in [-0.1, -0.05) is 42.5 Å². The standard InChI is InChI=1S/C28H23N3O4S/c32-26(29-15-16-30-27(33)24-10-5-17-36-24)18-11-13-19(14-12-18)31-28(34)25-20-6-1-3-8-22(20)35-23-9-4-2-7-21(23)25/h1-14,17,25H,15-16H2,(H,29,32)(H,30,33)(H,31,34). The lowest BCUT2D eigenvalue weighted by Crippen LogP contribution is -2.34. The molecule has 0 radical (unpaired) electrons. The molecule has 3 amide bonds. The molecule has 0 atom stereocenters. The van der Waals surface area contributed by atoms with Crippen molar-refractivity contribution in [1.82, 2.24) is 10.6 Å². The Morgan fingerprint density at radius 3 is 1.94 bits per heavy atom. The fraction of sp³-hybridized carbons (Fsp3) is 0.107. The van der Waals surface area contributed by atoms with E-state index in [-0.39, 0.29) is 17.7 Å². The second kappa shape index (κ2) is 10.5.